The summed E-state index contributed by atoms with van der Waals surface area (Å²) in [5, 5.41) is 15.5. The van der Waals surface area contributed by atoms with Crippen molar-refractivity contribution in [1.29, 1.82) is 0 Å². The average molecular weight is 283 g/mol. The van der Waals surface area contributed by atoms with Crippen molar-refractivity contribution in [3.05, 3.63) is 0 Å². The number of aliphatic hydroxyl groups is 1. The smallest absolute Gasteiger partial charge is 0.323 e. The molecule has 0 aliphatic heterocycles. The van der Waals surface area contributed by atoms with Crippen molar-refractivity contribution in [2.45, 2.75) is 46.1 Å². The van der Waals surface area contributed by atoms with Crippen molar-refractivity contribution in [1.82, 2.24) is 15.0 Å². The quantitative estimate of drug-likeness (QED) is 0.634. The molecule has 7 heteroatoms. The van der Waals surface area contributed by atoms with E-state index in [2.05, 4.69) is 32.5 Å². The number of hydrogen-bond donors (Lipinski definition) is 3. The Morgan fingerprint density at radius 1 is 1.10 bits per heavy atom. The van der Waals surface area contributed by atoms with Crippen molar-refractivity contribution in [2.24, 2.45) is 0 Å². The van der Waals surface area contributed by atoms with Gasteiger partial charge in [0, 0.05) is 6.54 Å². The largest absolute Gasteiger partial charge is 0.463 e. The Balaban J connectivity index is 2.90. The molecule has 0 aliphatic carbocycles. The van der Waals surface area contributed by atoms with Crippen molar-refractivity contribution in [2.75, 3.05) is 30.4 Å². The Morgan fingerprint density at radius 2 is 1.80 bits per heavy atom. The summed E-state index contributed by atoms with van der Waals surface area (Å²) in [7, 11) is 0. The molecule has 0 spiro atoms. The van der Waals surface area contributed by atoms with Crippen LogP contribution in [0, 0.1) is 0 Å². The minimum atomic E-state index is -0.509. The van der Waals surface area contributed by atoms with Gasteiger partial charge < -0.3 is 20.5 Å². The number of nitrogens with one attached hydrogen (secondary N) is 2. The van der Waals surface area contributed by atoms with Gasteiger partial charge in [-0.3, -0.25) is 0 Å². The van der Waals surface area contributed by atoms with Gasteiger partial charge in [-0.05, 0) is 26.7 Å². The van der Waals surface area contributed by atoms with Crippen LogP contribution in [-0.2, 0) is 0 Å². The molecule has 1 heterocycles. The number of aromatic nitrogens is 3. The van der Waals surface area contributed by atoms with E-state index in [0.717, 1.165) is 19.4 Å². The van der Waals surface area contributed by atoms with Crippen LogP contribution in [0.1, 0.15) is 40.5 Å². The summed E-state index contributed by atoms with van der Waals surface area (Å²) in [5.41, 5.74) is -0.509. The third-order valence-electron chi connectivity index (χ3n) is 2.43. The maximum atomic E-state index is 9.30. The summed E-state index contributed by atoms with van der Waals surface area (Å²) in [5.74, 6) is 0.868. The van der Waals surface area contributed by atoms with Crippen LogP contribution in [0.4, 0.5) is 11.9 Å². The molecular weight excluding hydrogens is 258 g/mol. The predicted octanol–water partition coefficient (Wildman–Crippen LogP) is 1.67. The zero-order valence-electron chi connectivity index (χ0n) is 12.7. The molecule has 0 fully saturated rings. The van der Waals surface area contributed by atoms with Crippen LogP contribution >= 0.6 is 0 Å². The zero-order valence-corrected chi connectivity index (χ0v) is 12.7. The molecule has 0 amide bonds. The summed E-state index contributed by atoms with van der Waals surface area (Å²) in [6.45, 7) is 9.12. The highest BCUT2D eigenvalue weighted by molar-refractivity contribution is 5.37. The highest BCUT2D eigenvalue weighted by atomic mass is 16.5. The molecule has 114 valence electrons. The molecule has 1 rings (SSSR count). The molecular formula is C13H25N5O2. The molecule has 0 saturated carbocycles. The fraction of sp³-hybridized carbons (Fsp3) is 0.769. The van der Waals surface area contributed by atoms with Crippen LogP contribution < -0.4 is 15.4 Å². The van der Waals surface area contributed by atoms with Gasteiger partial charge in [-0.25, -0.2) is 0 Å². The first kappa shape index (κ1) is 16.4. The summed E-state index contributed by atoms with van der Waals surface area (Å²) in [4.78, 5) is 12.7. The molecule has 1 aromatic rings. The number of rotatable bonds is 9. The van der Waals surface area contributed by atoms with Gasteiger partial charge in [-0.2, -0.15) is 15.0 Å². The second-order valence-electron chi connectivity index (χ2n) is 5.21. The minimum Gasteiger partial charge on any atom is -0.463 e. The topological polar surface area (TPSA) is 92.2 Å². The van der Waals surface area contributed by atoms with Crippen molar-refractivity contribution >= 4 is 11.9 Å². The van der Waals surface area contributed by atoms with Crippen LogP contribution in [0.3, 0.4) is 0 Å². The molecule has 7 nitrogen and oxygen atoms in total. The third kappa shape index (κ3) is 5.56. The Kier molecular flexibility index (Phi) is 6.44. The monoisotopic (exact) mass is 283 g/mol. The van der Waals surface area contributed by atoms with E-state index in [-0.39, 0.29) is 12.6 Å². The lowest BCUT2D eigenvalue weighted by molar-refractivity contribution is 0.233. The lowest BCUT2D eigenvalue weighted by Crippen LogP contribution is -2.35. The Hall–Kier alpha value is -1.63. The maximum Gasteiger partial charge on any atom is 0.323 e. The Bertz CT molecular complexity index is 385. The molecule has 1 aromatic heterocycles. The number of hydrogen-bond acceptors (Lipinski definition) is 7. The summed E-state index contributed by atoms with van der Waals surface area (Å²) in [6.07, 6.45) is 1.86. The standard InChI is InChI=1S/C13H25N5O2/c1-5-7-14-10-15-11(18-13(3,4)9-19)17-12(16-10)20-8-6-2/h19H,5-9H2,1-4H3,(H2,14,15,16,17,18). The molecule has 20 heavy (non-hydrogen) atoms. The SMILES string of the molecule is CCCNc1nc(NC(C)(C)CO)nc(OCCC)n1. The zero-order chi connectivity index (χ0) is 15.0. The number of anilines is 2. The molecule has 0 saturated heterocycles. The van der Waals surface area contributed by atoms with Crippen molar-refractivity contribution in [3.63, 3.8) is 0 Å². The highest BCUT2D eigenvalue weighted by Crippen LogP contribution is 2.15. The minimum absolute atomic E-state index is 0.0262. The second-order valence-corrected chi connectivity index (χ2v) is 5.21. The first-order chi connectivity index (χ1) is 9.50. The molecule has 0 atom stereocenters. The van der Waals surface area contributed by atoms with Gasteiger partial charge in [-0.15, -0.1) is 0 Å². The molecule has 0 radical (unpaired) electrons. The number of nitrogens with zero attached hydrogens (tertiary/aromatic N) is 3. The summed E-state index contributed by atoms with van der Waals surface area (Å²) in [6, 6.07) is 0.289. The molecule has 0 aromatic carbocycles. The molecule has 3 N–H and O–H groups in total. The van der Waals surface area contributed by atoms with Gasteiger partial charge in [0.2, 0.25) is 11.9 Å². The van der Waals surface area contributed by atoms with Crippen molar-refractivity contribution in [3.8, 4) is 6.01 Å². The lowest BCUT2D eigenvalue weighted by atomic mass is 10.1. The fourth-order valence-corrected chi connectivity index (χ4v) is 1.33. The van der Waals surface area contributed by atoms with Gasteiger partial charge in [0.05, 0.1) is 18.8 Å². The average Bonchev–Trinajstić information content (AvgIpc) is 2.42. The summed E-state index contributed by atoms with van der Waals surface area (Å²) < 4.78 is 5.46. The molecule has 0 aliphatic rings. The van der Waals surface area contributed by atoms with Gasteiger partial charge in [0.1, 0.15) is 0 Å². The van der Waals surface area contributed by atoms with Crippen molar-refractivity contribution < 1.29 is 9.84 Å². The van der Waals surface area contributed by atoms with E-state index < -0.39 is 5.54 Å². The van der Waals surface area contributed by atoms with Gasteiger partial charge in [0.25, 0.3) is 0 Å². The van der Waals surface area contributed by atoms with Gasteiger partial charge >= 0.3 is 6.01 Å². The van der Waals surface area contributed by atoms with Crippen LogP contribution in [0.25, 0.3) is 0 Å². The first-order valence-electron chi connectivity index (χ1n) is 7.02. The second kappa shape index (κ2) is 7.84. The van der Waals surface area contributed by atoms with E-state index in [4.69, 9.17) is 4.74 Å². The van der Waals surface area contributed by atoms with Crippen LogP contribution in [0.2, 0.25) is 0 Å². The van der Waals surface area contributed by atoms with E-state index >= 15 is 0 Å². The van der Waals surface area contributed by atoms with E-state index in [1.54, 1.807) is 0 Å². The van der Waals surface area contributed by atoms with E-state index in [1.165, 1.54) is 0 Å². The normalized spacial score (nSPS) is 11.2. The van der Waals surface area contributed by atoms with Crippen LogP contribution in [0.5, 0.6) is 6.01 Å². The molecule has 0 bridgehead atoms. The Labute approximate surface area is 120 Å². The maximum absolute atomic E-state index is 9.30. The fourth-order valence-electron chi connectivity index (χ4n) is 1.33. The third-order valence-corrected chi connectivity index (χ3v) is 2.43. The van der Waals surface area contributed by atoms with Crippen LogP contribution in [0.15, 0.2) is 0 Å². The van der Waals surface area contributed by atoms with Crippen LogP contribution in [-0.4, -0.2) is 45.4 Å². The van der Waals surface area contributed by atoms with E-state index in [0.29, 0.717) is 18.5 Å². The summed E-state index contributed by atoms with van der Waals surface area (Å²) >= 11 is 0. The van der Waals surface area contributed by atoms with Gasteiger partial charge in [-0.1, -0.05) is 13.8 Å². The molecule has 0 unspecified atom stereocenters. The Morgan fingerprint density at radius 3 is 2.40 bits per heavy atom. The highest BCUT2D eigenvalue weighted by Gasteiger charge is 2.18. The first-order valence-corrected chi connectivity index (χ1v) is 7.02. The predicted molar refractivity (Wildman–Crippen MR) is 79.2 cm³/mol. The number of ether oxygens (including phenoxy) is 1. The van der Waals surface area contributed by atoms with Gasteiger partial charge in [0.15, 0.2) is 0 Å². The van der Waals surface area contributed by atoms with E-state index in [1.807, 2.05) is 20.8 Å². The number of aliphatic hydroxyl groups excluding tert-OH is 1. The van der Waals surface area contributed by atoms with E-state index in [9.17, 15) is 5.11 Å². The lowest BCUT2D eigenvalue weighted by Gasteiger charge is -2.23.